The third-order valence-electron chi connectivity index (χ3n) is 7.99. The quantitative estimate of drug-likeness (QED) is 0.329. The molecule has 30 heavy (non-hydrogen) atoms. The van der Waals surface area contributed by atoms with E-state index in [-0.39, 0.29) is 0 Å². The van der Waals surface area contributed by atoms with Crippen LogP contribution in [0.4, 0.5) is 0 Å². The Morgan fingerprint density at radius 1 is 0.733 bits per heavy atom. The summed E-state index contributed by atoms with van der Waals surface area (Å²) in [5, 5.41) is 0. The number of benzene rings is 1. The van der Waals surface area contributed by atoms with Crippen LogP contribution in [0, 0.1) is 11.8 Å². The molecule has 2 fully saturated rings. The lowest BCUT2D eigenvalue weighted by Gasteiger charge is -2.33. The van der Waals surface area contributed by atoms with E-state index in [9.17, 15) is 0 Å². The molecule has 2 aliphatic rings. The fourth-order valence-corrected chi connectivity index (χ4v) is 5.96. The molecule has 0 saturated heterocycles. The second kappa shape index (κ2) is 12.8. The maximum absolute atomic E-state index is 6.04. The summed E-state index contributed by atoms with van der Waals surface area (Å²) in [6, 6.07) is 7.15. The van der Waals surface area contributed by atoms with E-state index < -0.39 is 0 Å². The van der Waals surface area contributed by atoms with Crippen LogP contribution in [0.25, 0.3) is 0 Å². The van der Waals surface area contributed by atoms with Gasteiger partial charge in [0.05, 0.1) is 6.61 Å². The predicted molar refractivity (Wildman–Crippen MR) is 131 cm³/mol. The van der Waals surface area contributed by atoms with E-state index in [1.54, 1.807) is 11.1 Å². The van der Waals surface area contributed by atoms with Gasteiger partial charge in [-0.05, 0) is 91.9 Å². The van der Waals surface area contributed by atoms with Crippen molar-refractivity contribution in [2.75, 3.05) is 6.61 Å². The van der Waals surface area contributed by atoms with Gasteiger partial charge >= 0.3 is 0 Å². The number of ether oxygens (including phenoxy) is 1. The predicted octanol–water partition coefficient (Wildman–Crippen LogP) is 9.40. The van der Waals surface area contributed by atoms with Crippen LogP contribution in [0.15, 0.2) is 18.2 Å². The minimum atomic E-state index is 0.762. The highest BCUT2D eigenvalue weighted by Crippen LogP contribution is 2.44. The maximum atomic E-state index is 6.04. The molecule has 0 heterocycles. The van der Waals surface area contributed by atoms with E-state index >= 15 is 0 Å². The van der Waals surface area contributed by atoms with Gasteiger partial charge in [0.2, 0.25) is 0 Å². The second-order valence-electron chi connectivity index (χ2n) is 10.5. The normalized spacial score (nSPS) is 27.2. The van der Waals surface area contributed by atoms with Crippen molar-refractivity contribution in [1.82, 2.24) is 0 Å². The van der Waals surface area contributed by atoms with Gasteiger partial charge in [-0.2, -0.15) is 0 Å². The van der Waals surface area contributed by atoms with E-state index in [1.807, 2.05) is 0 Å². The van der Waals surface area contributed by atoms with Gasteiger partial charge in [-0.1, -0.05) is 78.2 Å². The van der Waals surface area contributed by atoms with E-state index in [4.69, 9.17) is 4.74 Å². The molecule has 2 aliphatic carbocycles. The second-order valence-corrected chi connectivity index (χ2v) is 10.5. The van der Waals surface area contributed by atoms with E-state index in [0.29, 0.717) is 0 Å². The lowest BCUT2D eigenvalue weighted by atomic mass is 9.72. The summed E-state index contributed by atoms with van der Waals surface area (Å²) in [5.74, 6) is 4.56. The van der Waals surface area contributed by atoms with Crippen LogP contribution in [0.5, 0.6) is 5.75 Å². The number of hydrogen-bond donors (Lipinski definition) is 0. The molecule has 3 rings (SSSR count). The lowest BCUT2D eigenvalue weighted by Crippen LogP contribution is -2.17. The Labute approximate surface area is 187 Å². The fraction of sp³-hybridized carbons (Fsp3) is 0.793. The number of hydrogen-bond acceptors (Lipinski definition) is 1. The van der Waals surface area contributed by atoms with E-state index in [1.165, 1.54) is 89.9 Å². The summed E-state index contributed by atoms with van der Waals surface area (Å²) in [7, 11) is 0. The monoisotopic (exact) mass is 412 g/mol. The topological polar surface area (TPSA) is 9.23 Å². The highest BCUT2D eigenvalue weighted by Gasteiger charge is 2.28. The lowest BCUT2D eigenvalue weighted by molar-refractivity contribution is 0.296. The Morgan fingerprint density at radius 2 is 1.40 bits per heavy atom. The molecule has 0 bridgehead atoms. The highest BCUT2D eigenvalue weighted by atomic mass is 16.5. The fourth-order valence-electron chi connectivity index (χ4n) is 5.96. The van der Waals surface area contributed by atoms with Crippen LogP contribution >= 0.6 is 0 Å². The third-order valence-corrected chi connectivity index (χ3v) is 7.99. The maximum Gasteiger partial charge on any atom is 0.119 e. The molecule has 0 atom stereocenters. The first-order valence-corrected chi connectivity index (χ1v) is 13.5. The molecule has 0 radical (unpaired) electrons. The molecule has 170 valence electrons. The summed E-state index contributed by atoms with van der Waals surface area (Å²) in [5.41, 5.74) is 3.33. The summed E-state index contributed by atoms with van der Waals surface area (Å²) >= 11 is 0. The third kappa shape index (κ3) is 7.03. The Bertz CT molecular complexity index is 590. The van der Waals surface area contributed by atoms with Crippen LogP contribution in [0.1, 0.15) is 140 Å². The molecule has 0 spiro atoms. The molecule has 0 N–H and O–H groups in total. The average Bonchev–Trinajstić information content (AvgIpc) is 2.78. The molecule has 1 nitrogen and oxygen atoms in total. The molecule has 0 aromatic heterocycles. The van der Waals surface area contributed by atoms with Gasteiger partial charge in [0.25, 0.3) is 0 Å². The van der Waals surface area contributed by atoms with Crippen molar-refractivity contribution in [3.8, 4) is 5.75 Å². The average molecular weight is 413 g/mol. The van der Waals surface area contributed by atoms with E-state index in [0.717, 1.165) is 42.4 Å². The summed E-state index contributed by atoms with van der Waals surface area (Å²) < 4.78 is 6.04. The molecular formula is C29H48O. The van der Waals surface area contributed by atoms with Crippen molar-refractivity contribution in [2.45, 2.75) is 129 Å². The SMILES string of the molecule is CCCCCCCC1CCC(c2ccc(OCCC)cc2C2CCC(C)CC2)CC1. The Hall–Kier alpha value is -0.980. The summed E-state index contributed by atoms with van der Waals surface area (Å²) in [6.45, 7) is 7.78. The van der Waals surface area contributed by atoms with Gasteiger partial charge in [0.1, 0.15) is 5.75 Å². The van der Waals surface area contributed by atoms with Crippen LogP contribution in [-0.2, 0) is 0 Å². The minimum Gasteiger partial charge on any atom is -0.494 e. The van der Waals surface area contributed by atoms with Crippen molar-refractivity contribution >= 4 is 0 Å². The smallest absolute Gasteiger partial charge is 0.119 e. The number of unbranched alkanes of at least 4 members (excludes halogenated alkanes) is 4. The molecule has 2 saturated carbocycles. The molecule has 1 heteroatoms. The van der Waals surface area contributed by atoms with Gasteiger partial charge in [-0.3, -0.25) is 0 Å². The molecular weight excluding hydrogens is 364 g/mol. The zero-order valence-corrected chi connectivity index (χ0v) is 20.3. The van der Waals surface area contributed by atoms with Gasteiger partial charge in [0, 0.05) is 0 Å². The minimum absolute atomic E-state index is 0.762. The Balaban J connectivity index is 1.60. The summed E-state index contributed by atoms with van der Waals surface area (Å²) in [4.78, 5) is 0. The zero-order chi connectivity index (χ0) is 21.2. The van der Waals surface area contributed by atoms with Crippen LogP contribution in [0.2, 0.25) is 0 Å². The molecule has 0 unspecified atom stereocenters. The first kappa shape index (κ1) is 23.7. The van der Waals surface area contributed by atoms with Crippen molar-refractivity contribution in [1.29, 1.82) is 0 Å². The zero-order valence-electron chi connectivity index (χ0n) is 20.3. The van der Waals surface area contributed by atoms with Crippen molar-refractivity contribution in [2.24, 2.45) is 11.8 Å². The van der Waals surface area contributed by atoms with Crippen molar-refractivity contribution < 1.29 is 4.74 Å². The first-order valence-electron chi connectivity index (χ1n) is 13.5. The van der Waals surface area contributed by atoms with Gasteiger partial charge in [-0.15, -0.1) is 0 Å². The molecule has 1 aromatic carbocycles. The standard InChI is InChI=1S/C29H48O/c1-4-6-7-8-9-10-24-13-17-25(18-14-24)28-20-19-27(30-21-5-2)22-29(28)26-15-11-23(3)12-16-26/h19-20,22-26H,4-18,21H2,1-3H3. The van der Waals surface area contributed by atoms with Crippen LogP contribution in [0.3, 0.4) is 0 Å². The Morgan fingerprint density at radius 3 is 2.10 bits per heavy atom. The molecule has 0 amide bonds. The van der Waals surface area contributed by atoms with Gasteiger partial charge < -0.3 is 4.74 Å². The first-order chi connectivity index (χ1) is 14.7. The Kier molecular flexibility index (Phi) is 10.1. The number of rotatable bonds is 11. The van der Waals surface area contributed by atoms with E-state index in [2.05, 4.69) is 39.0 Å². The highest BCUT2D eigenvalue weighted by molar-refractivity contribution is 5.40. The largest absolute Gasteiger partial charge is 0.494 e. The van der Waals surface area contributed by atoms with Crippen LogP contribution < -0.4 is 4.74 Å². The van der Waals surface area contributed by atoms with Gasteiger partial charge in [-0.25, -0.2) is 0 Å². The van der Waals surface area contributed by atoms with Crippen LogP contribution in [-0.4, -0.2) is 6.61 Å². The molecule has 0 aliphatic heterocycles. The van der Waals surface area contributed by atoms with Crippen molar-refractivity contribution in [3.05, 3.63) is 29.3 Å². The molecule has 1 aromatic rings. The van der Waals surface area contributed by atoms with Gasteiger partial charge in [0.15, 0.2) is 0 Å². The van der Waals surface area contributed by atoms with Crippen molar-refractivity contribution in [3.63, 3.8) is 0 Å². The summed E-state index contributed by atoms with van der Waals surface area (Å²) in [6.07, 6.45) is 21.0.